The second kappa shape index (κ2) is 6.14. The number of benzene rings is 1. The van der Waals surface area contributed by atoms with E-state index in [1.165, 1.54) is 24.8 Å². The summed E-state index contributed by atoms with van der Waals surface area (Å²) < 4.78 is 5.17. The van der Waals surface area contributed by atoms with Gasteiger partial charge in [-0.15, -0.1) is 0 Å². The van der Waals surface area contributed by atoms with Gasteiger partial charge >= 0.3 is 0 Å². The zero-order valence-corrected chi connectivity index (χ0v) is 11.3. The van der Waals surface area contributed by atoms with Crippen LogP contribution >= 0.6 is 0 Å². The Balaban J connectivity index is 1.96. The van der Waals surface area contributed by atoms with E-state index < -0.39 is 0 Å². The fourth-order valence-electron chi connectivity index (χ4n) is 2.30. The predicted molar refractivity (Wildman–Crippen MR) is 73.1 cm³/mol. The summed E-state index contributed by atoms with van der Waals surface area (Å²) in [5.41, 5.74) is 2.20. The van der Waals surface area contributed by atoms with E-state index >= 15 is 0 Å². The van der Waals surface area contributed by atoms with Crippen LogP contribution in [0.4, 0.5) is 0 Å². The minimum absolute atomic E-state index is 0.156. The molecular formula is C16H22O2. The molecule has 0 aliphatic heterocycles. The predicted octanol–water partition coefficient (Wildman–Crippen LogP) is 3.95. The summed E-state index contributed by atoms with van der Waals surface area (Å²) in [6, 6.07) is 8.19. The van der Waals surface area contributed by atoms with Crippen molar-refractivity contribution in [2.24, 2.45) is 0 Å². The van der Waals surface area contributed by atoms with Gasteiger partial charge in [0.2, 0.25) is 0 Å². The largest absolute Gasteiger partial charge is 0.382 e. The summed E-state index contributed by atoms with van der Waals surface area (Å²) in [4.78, 5) is 12.1. The molecule has 2 rings (SSSR count). The van der Waals surface area contributed by atoms with Crippen LogP contribution in [0.3, 0.4) is 0 Å². The van der Waals surface area contributed by atoms with Gasteiger partial charge in [0, 0.05) is 19.1 Å². The number of hydrogen-bond acceptors (Lipinski definition) is 2. The molecule has 0 radical (unpaired) electrons. The molecule has 2 nitrogen and oxygen atoms in total. The quantitative estimate of drug-likeness (QED) is 0.710. The van der Waals surface area contributed by atoms with Crippen LogP contribution in [0.2, 0.25) is 0 Å². The molecule has 1 aliphatic rings. The molecule has 0 aromatic heterocycles. The average molecular weight is 246 g/mol. The number of carbonyl (C=O) groups is 1. The Morgan fingerprint density at radius 2 is 2.22 bits per heavy atom. The zero-order valence-electron chi connectivity index (χ0n) is 11.3. The Labute approximate surface area is 109 Å². The molecule has 2 heteroatoms. The van der Waals surface area contributed by atoms with Gasteiger partial charge in [-0.05, 0) is 43.7 Å². The highest BCUT2D eigenvalue weighted by Crippen LogP contribution is 2.36. The topological polar surface area (TPSA) is 26.3 Å². The van der Waals surface area contributed by atoms with E-state index in [1.54, 1.807) is 7.11 Å². The van der Waals surface area contributed by atoms with Crippen LogP contribution in [0.25, 0.3) is 0 Å². The SMILES string of the molecule is COC(C)CCC(=O)c1cccc(C2CCC2)c1. The van der Waals surface area contributed by atoms with E-state index in [0.717, 1.165) is 12.0 Å². The van der Waals surface area contributed by atoms with Crippen LogP contribution in [0.5, 0.6) is 0 Å². The smallest absolute Gasteiger partial charge is 0.162 e. The molecule has 0 saturated heterocycles. The molecule has 0 spiro atoms. The lowest BCUT2D eigenvalue weighted by atomic mass is 9.79. The Hall–Kier alpha value is -1.15. The summed E-state index contributed by atoms with van der Waals surface area (Å²) in [6.07, 6.45) is 5.40. The van der Waals surface area contributed by atoms with Crippen molar-refractivity contribution in [3.05, 3.63) is 35.4 Å². The number of rotatable bonds is 6. The molecule has 1 atom stereocenters. The highest BCUT2D eigenvalue weighted by molar-refractivity contribution is 5.96. The first-order valence-electron chi connectivity index (χ1n) is 6.86. The van der Waals surface area contributed by atoms with Gasteiger partial charge in [0.15, 0.2) is 5.78 Å². The van der Waals surface area contributed by atoms with Crippen molar-refractivity contribution in [3.63, 3.8) is 0 Å². The Kier molecular flexibility index (Phi) is 4.54. The van der Waals surface area contributed by atoms with Gasteiger partial charge in [0.25, 0.3) is 0 Å². The first-order valence-corrected chi connectivity index (χ1v) is 6.86. The van der Waals surface area contributed by atoms with Gasteiger partial charge in [-0.1, -0.05) is 24.6 Å². The Morgan fingerprint density at radius 1 is 1.44 bits per heavy atom. The third-order valence-electron chi connectivity index (χ3n) is 3.97. The molecule has 98 valence electrons. The first kappa shape index (κ1) is 13.3. The minimum atomic E-state index is 0.156. The lowest BCUT2D eigenvalue weighted by molar-refractivity contribution is 0.0877. The van der Waals surface area contributed by atoms with E-state index in [0.29, 0.717) is 12.3 Å². The van der Waals surface area contributed by atoms with E-state index in [1.807, 2.05) is 19.1 Å². The number of ether oxygens (including phenoxy) is 1. The van der Waals surface area contributed by atoms with Crippen molar-refractivity contribution >= 4 is 5.78 Å². The monoisotopic (exact) mass is 246 g/mol. The summed E-state index contributed by atoms with van der Waals surface area (Å²) >= 11 is 0. The summed E-state index contributed by atoms with van der Waals surface area (Å²) in [5.74, 6) is 0.927. The van der Waals surface area contributed by atoms with Crippen molar-refractivity contribution in [1.29, 1.82) is 0 Å². The maximum Gasteiger partial charge on any atom is 0.162 e. The Bertz CT molecular complexity index is 407. The van der Waals surface area contributed by atoms with Crippen molar-refractivity contribution in [1.82, 2.24) is 0 Å². The second-order valence-corrected chi connectivity index (χ2v) is 5.26. The molecule has 0 bridgehead atoms. The first-order chi connectivity index (χ1) is 8.70. The standard InChI is InChI=1S/C16H22O2/c1-12(18-2)9-10-16(17)15-8-4-7-14(11-15)13-5-3-6-13/h4,7-8,11-13H,3,5-6,9-10H2,1-2H3. The molecule has 18 heavy (non-hydrogen) atoms. The van der Waals surface area contributed by atoms with Crippen LogP contribution in [0, 0.1) is 0 Å². The van der Waals surface area contributed by atoms with E-state index in [-0.39, 0.29) is 11.9 Å². The van der Waals surface area contributed by atoms with Crippen LogP contribution in [-0.2, 0) is 4.74 Å². The van der Waals surface area contributed by atoms with E-state index in [9.17, 15) is 4.79 Å². The molecule has 0 N–H and O–H groups in total. The molecule has 1 unspecified atom stereocenters. The minimum Gasteiger partial charge on any atom is -0.382 e. The van der Waals surface area contributed by atoms with Gasteiger partial charge in [0.1, 0.15) is 0 Å². The highest BCUT2D eigenvalue weighted by Gasteiger charge is 2.20. The lowest BCUT2D eigenvalue weighted by Crippen LogP contribution is -2.11. The van der Waals surface area contributed by atoms with Crippen molar-refractivity contribution in [2.45, 2.75) is 51.0 Å². The normalized spacial score (nSPS) is 17.2. The second-order valence-electron chi connectivity index (χ2n) is 5.26. The fraction of sp³-hybridized carbons (Fsp3) is 0.562. The molecule has 0 heterocycles. The number of Topliss-reactive ketones (excluding diaryl/α,β-unsaturated/α-hetero) is 1. The number of carbonyl (C=O) groups excluding carboxylic acids is 1. The molecular weight excluding hydrogens is 224 g/mol. The van der Waals surface area contributed by atoms with Gasteiger partial charge in [0.05, 0.1) is 6.10 Å². The number of methoxy groups -OCH3 is 1. The van der Waals surface area contributed by atoms with Gasteiger partial charge in [-0.2, -0.15) is 0 Å². The van der Waals surface area contributed by atoms with Gasteiger partial charge < -0.3 is 4.74 Å². The molecule has 1 saturated carbocycles. The van der Waals surface area contributed by atoms with Crippen molar-refractivity contribution in [2.75, 3.05) is 7.11 Å². The van der Waals surface area contributed by atoms with Crippen LogP contribution in [0.1, 0.15) is 60.9 Å². The maximum atomic E-state index is 12.1. The van der Waals surface area contributed by atoms with Crippen LogP contribution in [-0.4, -0.2) is 19.0 Å². The van der Waals surface area contributed by atoms with Gasteiger partial charge in [-0.25, -0.2) is 0 Å². The van der Waals surface area contributed by atoms with Gasteiger partial charge in [-0.3, -0.25) is 4.79 Å². The van der Waals surface area contributed by atoms with Crippen molar-refractivity contribution < 1.29 is 9.53 Å². The zero-order chi connectivity index (χ0) is 13.0. The molecule has 1 aliphatic carbocycles. The summed E-state index contributed by atoms with van der Waals surface area (Å²) in [7, 11) is 1.69. The van der Waals surface area contributed by atoms with Crippen LogP contribution in [0.15, 0.2) is 24.3 Å². The summed E-state index contributed by atoms with van der Waals surface area (Å²) in [5, 5.41) is 0. The number of ketones is 1. The lowest BCUT2D eigenvalue weighted by Gasteiger charge is -2.26. The van der Waals surface area contributed by atoms with E-state index in [2.05, 4.69) is 12.1 Å². The van der Waals surface area contributed by atoms with E-state index in [4.69, 9.17) is 4.74 Å². The third-order valence-corrected chi connectivity index (χ3v) is 3.97. The number of hydrogen-bond donors (Lipinski definition) is 0. The molecule has 1 fully saturated rings. The fourth-order valence-corrected chi connectivity index (χ4v) is 2.30. The maximum absolute atomic E-state index is 12.1. The highest BCUT2D eigenvalue weighted by atomic mass is 16.5. The Morgan fingerprint density at radius 3 is 2.83 bits per heavy atom. The summed E-state index contributed by atoms with van der Waals surface area (Å²) in [6.45, 7) is 2.00. The average Bonchev–Trinajstić information content (AvgIpc) is 2.33. The molecule has 0 amide bonds. The van der Waals surface area contributed by atoms with Crippen LogP contribution < -0.4 is 0 Å². The van der Waals surface area contributed by atoms with Crippen molar-refractivity contribution in [3.8, 4) is 0 Å². The molecule has 1 aromatic rings. The molecule has 1 aromatic carbocycles. The third kappa shape index (κ3) is 3.20.